The summed E-state index contributed by atoms with van der Waals surface area (Å²) >= 11 is 1.65. The van der Waals surface area contributed by atoms with Crippen LogP contribution in [0, 0.1) is 24.0 Å². The van der Waals surface area contributed by atoms with E-state index in [0.29, 0.717) is 0 Å². The summed E-state index contributed by atoms with van der Waals surface area (Å²) in [6, 6.07) is 29.9. The van der Waals surface area contributed by atoms with Gasteiger partial charge in [0.2, 0.25) is 0 Å². The van der Waals surface area contributed by atoms with Crippen LogP contribution in [0.25, 0.3) is 33.4 Å². The van der Waals surface area contributed by atoms with Crippen molar-refractivity contribution in [3.63, 3.8) is 0 Å². The molecule has 0 atom stereocenters. The Hall–Kier alpha value is -2.31. The molecule has 0 amide bonds. The summed E-state index contributed by atoms with van der Waals surface area (Å²) in [6.45, 7) is 36.9. The monoisotopic (exact) mass is 894 g/mol. The van der Waals surface area contributed by atoms with Crippen molar-refractivity contribution < 1.29 is 24.2 Å². The quantitative estimate of drug-likeness (QED) is 0.149. The molecule has 58 heavy (non-hydrogen) atoms. The molecule has 4 aromatic carbocycles. The predicted octanol–water partition coefficient (Wildman–Crippen LogP) is 16.5. The van der Waals surface area contributed by atoms with E-state index in [-0.39, 0.29) is 46.5 Å². The van der Waals surface area contributed by atoms with Crippen LogP contribution < -0.4 is 0 Å². The Morgan fingerprint density at radius 1 is 0.586 bits per heavy atom. The average Bonchev–Trinajstić information content (AvgIpc) is 3.77. The number of benzene rings is 4. The van der Waals surface area contributed by atoms with Gasteiger partial charge < -0.3 is 0 Å². The molecule has 2 aliphatic rings. The van der Waals surface area contributed by atoms with Gasteiger partial charge in [-0.25, -0.2) is 12.2 Å². The topological polar surface area (TPSA) is 0 Å². The second-order valence-electron chi connectivity index (χ2n) is 21.1. The van der Waals surface area contributed by atoms with Crippen LogP contribution in [0.2, 0.25) is 0 Å². The third-order valence-corrected chi connectivity index (χ3v) is 11.7. The van der Waals surface area contributed by atoms with Gasteiger partial charge >= 0.3 is 79.8 Å². The first-order valence-corrected chi connectivity index (χ1v) is 22.4. The zero-order valence-corrected chi connectivity index (χ0v) is 43.0. The molecule has 0 heterocycles. The number of hydrogen-bond acceptors (Lipinski definition) is 0. The van der Waals surface area contributed by atoms with E-state index in [1.165, 1.54) is 79.6 Å². The van der Waals surface area contributed by atoms with Gasteiger partial charge in [-0.2, -0.15) is 6.08 Å². The Labute approximate surface area is 383 Å². The summed E-state index contributed by atoms with van der Waals surface area (Å²) in [7, 11) is 0. The predicted molar refractivity (Wildman–Crippen MR) is 259 cm³/mol. The Kier molecular flexibility index (Phi) is 18.7. The Balaban J connectivity index is 0.000000576. The maximum atomic E-state index is 3.96. The van der Waals surface area contributed by atoms with E-state index >= 15 is 0 Å². The van der Waals surface area contributed by atoms with E-state index in [0.717, 1.165) is 24.7 Å². The van der Waals surface area contributed by atoms with Crippen molar-refractivity contribution in [2.45, 2.75) is 158 Å². The van der Waals surface area contributed by atoms with Crippen LogP contribution in [0.3, 0.4) is 0 Å². The van der Waals surface area contributed by atoms with Crippen molar-refractivity contribution in [3.8, 4) is 33.4 Å². The minimum atomic E-state index is 0. The molecule has 0 saturated heterocycles. The molecule has 312 valence electrons. The number of halogens is 2. The van der Waals surface area contributed by atoms with Gasteiger partial charge in [-0.05, 0) is 61.5 Å². The van der Waals surface area contributed by atoms with Gasteiger partial charge in [0.15, 0.2) is 0 Å². The number of rotatable bonds is 6. The Morgan fingerprint density at radius 3 is 1.43 bits per heavy atom. The molecule has 0 N–H and O–H groups in total. The average molecular weight is 897 g/mol. The molecule has 3 heteroatoms. The van der Waals surface area contributed by atoms with Crippen molar-refractivity contribution in [2.24, 2.45) is 11.8 Å². The SMILES string of the molecule is CC(C)(C)c1ccc(-c2[c-]c3c(cc2C(C)(C)C)-c2cc(C(C)(C)C)c(-c4ccc(C(C)(C)C)cc4)cc2C3)cc1.CC(C)C[C](=[Zr+2])CC(C)C.Cl.Cl.[C-]1=CC=CC1. The summed E-state index contributed by atoms with van der Waals surface area (Å²) < 4.78 is 1.75. The van der Waals surface area contributed by atoms with Crippen molar-refractivity contribution in [1.29, 1.82) is 0 Å². The van der Waals surface area contributed by atoms with Crippen LogP contribution in [0.4, 0.5) is 0 Å². The van der Waals surface area contributed by atoms with Gasteiger partial charge in [-0.3, -0.25) is 6.08 Å². The molecule has 0 bridgehead atoms. The van der Waals surface area contributed by atoms with Crippen LogP contribution in [0.5, 0.6) is 0 Å². The van der Waals surface area contributed by atoms with Crippen molar-refractivity contribution in [1.82, 2.24) is 0 Å². The third-order valence-electron chi connectivity index (χ3n) is 10.7. The second-order valence-corrected chi connectivity index (χ2v) is 22.9. The molecule has 0 nitrogen and oxygen atoms in total. The third kappa shape index (κ3) is 14.1. The van der Waals surface area contributed by atoms with E-state index in [9.17, 15) is 0 Å². The minimum absolute atomic E-state index is 0. The van der Waals surface area contributed by atoms with Crippen LogP contribution >= 0.6 is 24.8 Å². The van der Waals surface area contributed by atoms with E-state index in [1.54, 1.807) is 27.4 Å². The van der Waals surface area contributed by atoms with E-state index < -0.39 is 0 Å². The van der Waals surface area contributed by atoms with Gasteiger partial charge in [0.05, 0.1) is 0 Å². The summed E-state index contributed by atoms with van der Waals surface area (Å²) in [4.78, 5) is 0. The van der Waals surface area contributed by atoms with Gasteiger partial charge in [0.1, 0.15) is 0 Å². The van der Waals surface area contributed by atoms with Crippen molar-refractivity contribution >= 4 is 28.0 Å². The largest absolute Gasteiger partial charge is 0.273 e. The number of allylic oxidation sites excluding steroid dienone is 4. The van der Waals surface area contributed by atoms with Crippen LogP contribution in [-0.2, 0) is 52.3 Å². The molecule has 0 saturated carbocycles. The maximum Gasteiger partial charge on any atom is -0.109 e. The molecular weight excluding hydrogens is 823 g/mol. The fourth-order valence-electron chi connectivity index (χ4n) is 7.58. The molecule has 0 spiro atoms. The van der Waals surface area contributed by atoms with Crippen molar-refractivity contribution in [2.75, 3.05) is 0 Å². The smallest absolute Gasteiger partial charge is 0.109 e. The van der Waals surface area contributed by atoms with Gasteiger partial charge in [-0.15, -0.1) is 60.1 Å². The molecule has 2 aliphatic carbocycles. The fraction of sp³-hybridized carbons (Fsp3) is 0.473. The first-order valence-electron chi connectivity index (χ1n) is 21.1. The zero-order valence-electron chi connectivity index (χ0n) is 38.9. The molecule has 0 fully saturated rings. The van der Waals surface area contributed by atoms with Crippen molar-refractivity contribution in [3.05, 3.63) is 130 Å². The molecular formula is C55H74Cl2Zr. The molecule has 0 aliphatic heterocycles. The van der Waals surface area contributed by atoms with Crippen LogP contribution in [-0.4, -0.2) is 3.21 Å². The van der Waals surface area contributed by atoms with Gasteiger partial charge in [0, 0.05) is 0 Å². The van der Waals surface area contributed by atoms with E-state index in [1.807, 2.05) is 12.2 Å². The molecule has 0 aromatic heterocycles. The first-order chi connectivity index (χ1) is 25.9. The molecule has 0 unspecified atom stereocenters. The van der Waals surface area contributed by atoms with E-state index in [4.69, 9.17) is 0 Å². The standard InChI is InChI=1S/C41H49.C9H18.C5H5.2ClH.Zr/c1-38(2,3)30-17-13-26(14-18-30)34-22-28-21-29-23-35(27-15-19-31(20-16-27)39(4,5)6)37(41(10,11)12)25-33(29)32(28)24-36(34)40(7,8)9;1-8(2)6-5-7-9(3)4;1-2-4-5-3-1;;;/h13-20,22,24-25H,21H2,1-12H3;8-9H,6-7H2,1-4H3;1-3H,4H2;2*1H;/q-1;;-1;;;+2. The molecule has 6 rings (SSSR count). The van der Waals surface area contributed by atoms with E-state index in [2.05, 4.69) is 196 Å². The fourth-order valence-corrected chi connectivity index (χ4v) is 9.58. The van der Waals surface area contributed by atoms with Crippen LogP contribution in [0.1, 0.15) is 163 Å². The van der Waals surface area contributed by atoms with Gasteiger partial charge in [-0.1, -0.05) is 160 Å². The second kappa shape index (κ2) is 21.0. The summed E-state index contributed by atoms with van der Waals surface area (Å²) in [5.74, 6) is 1.71. The normalized spacial score (nSPS) is 13.2. The summed E-state index contributed by atoms with van der Waals surface area (Å²) in [6.07, 6.45) is 13.6. The van der Waals surface area contributed by atoms with Crippen LogP contribution in [0.15, 0.2) is 85.0 Å². The number of hydrogen-bond donors (Lipinski definition) is 0. The minimum Gasteiger partial charge on any atom is -0.273 e. The zero-order chi connectivity index (χ0) is 41.8. The molecule has 4 aromatic rings. The maximum absolute atomic E-state index is 3.96. The number of fused-ring (bicyclic) bond motifs is 3. The Morgan fingerprint density at radius 2 is 1.05 bits per heavy atom. The van der Waals surface area contributed by atoms with Gasteiger partial charge in [0.25, 0.3) is 0 Å². The Bertz CT molecular complexity index is 1870. The summed E-state index contributed by atoms with van der Waals surface area (Å²) in [5, 5.41) is 0. The first kappa shape index (κ1) is 51.8. The molecule has 0 radical (unpaired) electrons. The summed E-state index contributed by atoms with van der Waals surface area (Å²) in [5.41, 5.74) is 16.5.